The molecule has 0 radical (unpaired) electrons. The van der Waals surface area contributed by atoms with E-state index in [1.807, 2.05) is 0 Å². The van der Waals surface area contributed by atoms with E-state index in [1.54, 1.807) is 0 Å². The van der Waals surface area contributed by atoms with E-state index < -0.39 is 16.2 Å². The normalized spacial score (nSPS) is 15.0. The van der Waals surface area contributed by atoms with Gasteiger partial charge in [0.25, 0.3) is 6.71 Å². The van der Waals surface area contributed by atoms with Gasteiger partial charge < -0.3 is 14.4 Å². The second kappa shape index (κ2) is 20.8. The lowest BCUT2D eigenvalue weighted by atomic mass is 9.33. The number of hydrogen-bond acceptors (Lipinski definition) is 2. The standard InChI is InChI=1S/C105H62BN3/c1-2-27-63(28-3-1)64-53-55-65(56-54-64)107-97-61-90-79(74-36-11-19-45-85(74)103(90)81-41-15-4-29-67(81)68-30-5-16-42-82(68)103)59-92(97)106-93-60-80-75-37-12-20-46-86(75)104(83-43-17-6-31-69(83)70-32-7-18-44-84(70)104)91(80)62-98(93)109(100-58-66(57-99(107)102(100)106)108-94-50-24-13-38-76(94)77-39-14-25-51-95(77)108)96-52-26-40-78-73-35-10-23-49-89(73)105(101(78)96)87-47-21-8-33-71(87)72-34-9-22-48-88(72)105/h1-62H. The average Bonchev–Trinajstić information content (AvgIpc) is 1.55. The van der Waals surface area contributed by atoms with Crippen LogP contribution in [0.3, 0.4) is 0 Å². The zero-order valence-corrected chi connectivity index (χ0v) is 59.2. The third kappa shape index (κ3) is 6.96. The summed E-state index contributed by atoms with van der Waals surface area (Å²) in [6.45, 7) is -0.288. The molecule has 4 heteroatoms. The van der Waals surface area contributed by atoms with Crippen molar-refractivity contribution in [3.63, 3.8) is 0 Å². The van der Waals surface area contributed by atoms with Gasteiger partial charge in [-0.15, -0.1) is 0 Å². The Morgan fingerprint density at radius 3 is 0.963 bits per heavy atom. The van der Waals surface area contributed by atoms with E-state index in [-0.39, 0.29) is 6.71 Å². The maximum atomic E-state index is 2.81. The van der Waals surface area contributed by atoms with E-state index in [0.717, 1.165) is 39.5 Å². The van der Waals surface area contributed by atoms with E-state index in [4.69, 9.17) is 0 Å². The molecule has 26 rings (SSSR count). The van der Waals surface area contributed by atoms with E-state index in [9.17, 15) is 0 Å². The van der Waals surface area contributed by atoms with Crippen LogP contribution in [0.4, 0.5) is 34.1 Å². The van der Waals surface area contributed by atoms with Gasteiger partial charge in [-0.25, -0.2) is 0 Å². The number of rotatable bonds is 4. The van der Waals surface area contributed by atoms with Crippen LogP contribution in [0, 0.1) is 0 Å². The van der Waals surface area contributed by atoms with Crippen molar-refractivity contribution >= 4 is 79.0 Å². The first-order valence-electron chi connectivity index (χ1n) is 38.4. The minimum absolute atomic E-state index is 0.288. The molecule has 3 spiro atoms. The summed E-state index contributed by atoms with van der Waals surface area (Å²) in [7, 11) is 0. The van der Waals surface area contributed by atoms with E-state index in [1.165, 1.54) is 183 Å². The molecule has 6 aliphatic carbocycles. The van der Waals surface area contributed by atoms with E-state index in [0.29, 0.717) is 0 Å². The molecule has 8 aliphatic rings. The first-order valence-corrected chi connectivity index (χ1v) is 38.4. The lowest BCUT2D eigenvalue weighted by Gasteiger charge is -2.46. The molecule has 2 aliphatic heterocycles. The molecule has 0 fully saturated rings. The molecule has 0 unspecified atom stereocenters. The second-order valence-corrected chi connectivity index (χ2v) is 31.1. The molecule has 18 aromatic rings. The Hall–Kier alpha value is -13.8. The zero-order chi connectivity index (χ0) is 70.7. The maximum absolute atomic E-state index is 2.81. The number of hydrogen-bond donors (Lipinski definition) is 0. The van der Waals surface area contributed by atoms with Crippen molar-refractivity contribution < 1.29 is 0 Å². The Bertz CT molecular complexity index is 6950. The van der Waals surface area contributed by atoms with Crippen LogP contribution in [0.2, 0.25) is 0 Å². The number of para-hydroxylation sites is 2. The quantitative estimate of drug-likeness (QED) is 0.163. The number of nitrogens with zero attached hydrogens (tertiary/aromatic N) is 3. The Morgan fingerprint density at radius 2 is 0.532 bits per heavy atom. The number of aromatic nitrogens is 1. The second-order valence-electron chi connectivity index (χ2n) is 31.1. The minimum Gasteiger partial charge on any atom is -0.311 e. The fourth-order valence-electron chi connectivity index (χ4n) is 22.8. The lowest BCUT2D eigenvalue weighted by Crippen LogP contribution is -2.61. The van der Waals surface area contributed by atoms with Crippen LogP contribution >= 0.6 is 0 Å². The van der Waals surface area contributed by atoms with Gasteiger partial charge in [0.05, 0.1) is 38.7 Å². The van der Waals surface area contributed by atoms with Crippen molar-refractivity contribution in [1.29, 1.82) is 0 Å². The van der Waals surface area contributed by atoms with Crippen molar-refractivity contribution in [1.82, 2.24) is 4.57 Å². The zero-order valence-electron chi connectivity index (χ0n) is 59.2. The van der Waals surface area contributed by atoms with Gasteiger partial charge >= 0.3 is 0 Å². The predicted molar refractivity (Wildman–Crippen MR) is 449 cm³/mol. The van der Waals surface area contributed by atoms with Crippen LogP contribution in [-0.4, -0.2) is 11.3 Å². The first kappa shape index (κ1) is 58.5. The van der Waals surface area contributed by atoms with Crippen LogP contribution in [0.1, 0.15) is 66.8 Å². The smallest absolute Gasteiger partial charge is 0.252 e. The van der Waals surface area contributed by atoms with Crippen molar-refractivity contribution in [2.24, 2.45) is 0 Å². The minimum atomic E-state index is -0.699. The van der Waals surface area contributed by atoms with Crippen molar-refractivity contribution in [2.75, 3.05) is 9.80 Å². The summed E-state index contributed by atoms with van der Waals surface area (Å²) in [6.07, 6.45) is 0. The van der Waals surface area contributed by atoms with Gasteiger partial charge in [0.1, 0.15) is 0 Å². The monoisotopic (exact) mass is 1380 g/mol. The summed E-state index contributed by atoms with van der Waals surface area (Å²) in [5.74, 6) is 0. The molecular formula is C105H62BN3. The van der Waals surface area contributed by atoms with Crippen LogP contribution in [0.5, 0.6) is 0 Å². The number of fused-ring (bicyclic) bond motifs is 37. The van der Waals surface area contributed by atoms with Gasteiger partial charge in [-0.3, -0.25) is 0 Å². The molecule has 3 nitrogen and oxygen atoms in total. The highest BCUT2D eigenvalue weighted by atomic mass is 15.2. The molecule has 0 N–H and O–H groups in total. The molecule has 0 saturated carbocycles. The van der Waals surface area contributed by atoms with Gasteiger partial charge in [0.2, 0.25) is 0 Å². The Balaban J connectivity index is 0.857. The number of benzene rings is 17. The molecule has 0 saturated heterocycles. The number of anilines is 6. The highest BCUT2D eigenvalue weighted by Crippen LogP contribution is 2.69. The molecule has 109 heavy (non-hydrogen) atoms. The van der Waals surface area contributed by atoms with E-state index in [2.05, 4.69) is 390 Å². The summed E-state index contributed by atoms with van der Waals surface area (Å²) in [5.41, 5.74) is 45.7. The van der Waals surface area contributed by atoms with Crippen LogP contribution in [-0.2, 0) is 16.2 Å². The Labute approximate surface area is 631 Å². The largest absolute Gasteiger partial charge is 0.311 e. The highest BCUT2D eigenvalue weighted by Gasteiger charge is 2.59. The molecule has 17 aromatic carbocycles. The molecular weight excluding hydrogens is 1310 g/mol. The average molecular weight is 1380 g/mol. The SMILES string of the molecule is c1ccc(-c2ccc(N3c4cc5c(cc4B4c6cc7c(cc6N(c6cccc8c6C6(c9ccccc9-c9ccccc96)c6ccccc6-8)c6cc(-n8c9ccccc9c9ccccc98)cc3c64)C3(c4ccccc4-c4ccccc43)c3ccccc3-7)-c3ccccc3C53c4ccccc4-c4ccccc43)cc2)cc1. The van der Waals surface area contributed by atoms with Crippen LogP contribution in [0.25, 0.3) is 105 Å². The summed E-state index contributed by atoms with van der Waals surface area (Å²) < 4.78 is 2.58. The van der Waals surface area contributed by atoms with Gasteiger partial charge in [-0.05, 0) is 210 Å². The van der Waals surface area contributed by atoms with Crippen molar-refractivity contribution in [2.45, 2.75) is 16.2 Å². The van der Waals surface area contributed by atoms with Crippen LogP contribution in [0.15, 0.2) is 376 Å². The summed E-state index contributed by atoms with van der Waals surface area (Å²) >= 11 is 0. The van der Waals surface area contributed by atoms with Crippen molar-refractivity contribution in [3.8, 4) is 83.6 Å². The molecule has 0 atom stereocenters. The third-order valence-electron chi connectivity index (χ3n) is 26.6. The van der Waals surface area contributed by atoms with Gasteiger partial charge in [0.15, 0.2) is 0 Å². The molecule has 0 amide bonds. The lowest BCUT2D eigenvalue weighted by molar-refractivity contribution is 0.790. The Kier molecular flexibility index (Phi) is 11.2. The maximum Gasteiger partial charge on any atom is 0.252 e. The predicted octanol–water partition coefficient (Wildman–Crippen LogP) is 23.6. The molecule has 0 bridgehead atoms. The van der Waals surface area contributed by atoms with Crippen molar-refractivity contribution in [3.05, 3.63) is 443 Å². The third-order valence-corrected chi connectivity index (χ3v) is 26.6. The molecule has 3 heterocycles. The summed E-state index contributed by atoms with van der Waals surface area (Å²) in [4.78, 5) is 5.51. The van der Waals surface area contributed by atoms with Crippen LogP contribution < -0.4 is 26.2 Å². The molecule has 1 aromatic heterocycles. The fourth-order valence-corrected chi connectivity index (χ4v) is 22.8. The van der Waals surface area contributed by atoms with Gasteiger partial charge in [0, 0.05) is 44.8 Å². The highest BCUT2D eigenvalue weighted by molar-refractivity contribution is 7.00. The van der Waals surface area contributed by atoms with Gasteiger partial charge in [-0.1, -0.05) is 322 Å². The Morgan fingerprint density at radius 1 is 0.202 bits per heavy atom. The topological polar surface area (TPSA) is 11.4 Å². The molecule has 500 valence electrons. The summed E-state index contributed by atoms with van der Waals surface area (Å²) in [5, 5.41) is 2.44. The van der Waals surface area contributed by atoms with E-state index >= 15 is 0 Å². The first-order chi connectivity index (χ1) is 54.1. The fraction of sp³-hybridized carbons (Fsp3) is 0.0286. The van der Waals surface area contributed by atoms with Gasteiger partial charge in [-0.2, -0.15) is 0 Å². The summed E-state index contributed by atoms with van der Waals surface area (Å²) in [6, 6.07) is 146.